The number of amides is 2. The van der Waals surface area contributed by atoms with Crippen molar-refractivity contribution in [2.24, 2.45) is 0 Å². The van der Waals surface area contributed by atoms with Crippen LogP contribution >= 0.6 is 22.9 Å². The summed E-state index contributed by atoms with van der Waals surface area (Å²) in [7, 11) is 0. The van der Waals surface area contributed by atoms with Crippen molar-refractivity contribution < 1.29 is 14.3 Å². The van der Waals surface area contributed by atoms with Crippen LogP contribution in [0, 0.1) is 0 Å². The van der Waals surface area contributed by atoms with E-state index in [1.807, 2.05) is 61.5 Å². The SMILES string of the molecule is CCOc1cccc(-c2cc(C(=O)Nc3sc4c(c3C(=O)Nc3ccc(Cl)cc3)CCCC4)c3ccccc3n2)c1. The highest BCUT2D eigenvalue weighted by atomic mass is 35.5. The lowest BCUT2D eigenvalue weighted by Crippen LogP contribution is -2.19. The Balaban J connectivity index is 1.38. The molecule has 0 bridgehead atoms. The number of thiophene rings is 1. The van der Waals surface area contributed by atoms with Crippen LogP contribution in [0.4, 0.5) is 10.7 Å². The van der Waals surface area contributed by atoms with E-state index in [4.69, 9.17) is 21.3 Å². The van der Waals surface area contributed by atoms with Crippen LogP contribution in [0.3, 0.4) is 0 Å². The number of nitrogens with one attached hydrogen (secondary N) is 2. The molecule has 6 rings (SSSR count). The number of pyridine rings is 1. The third-order valence-corrected chi connectivity index (χ3v) is 8.59. The summed E-state index contributed by atoms with van der Waals surface area (Å²) in [5, 5.41) is 7.99. The average molecular weight is 582 g/mol. The van der Waals surface area contributed by atoms with E-state index >= 15 is 0 Å². The van der Waals surface area contributed by atoms with E-state index in [1.54, 1.807) is 24.3 Å². The van der Waals surface area contributed by atoms with Crippen LogP contribution in [0.1, 0.15) is 50.9 Å². The quantitative estimate of drug-likeness (QED) is 0.202. The highest BCUT2D eigenvalue weighted by molar-refractivity contribution is 7.17. The number of anilines is 2. The minimum absolute atomic E-state index is 0.241. The van der Waals surface area contributed by atoms with Crippen LogP contribution < -0.4 is 15.4 Å². The maximum atomic E-state index is 14.0. The zero-order chi connectivity index (χ0) is 28.3. The van der Waals surface area contributed by atoms with Crippen LogP contribution in [0.5, 0.6) is 5.75 Å². The Morgan fingerprint density at radius 2 is 1.73 bits per heavy atom. The molecule has 0 saturated heterocycles. The Hall–Kier alpha value is -4.20. The molecule has 5 aromatic rings. The topological polar surface area (TPSA) is 80.3 Å². The molecule has 0 saturated carbocycles. The number of carbonyl (C=O) groups excluding carboxylic acids is 2. The van der Waals surface area contributed by atoms with Crippen molar-refractivity contribution in [2.45, 2.75) is 32.6 Å². The maximum Gasteiger partial charge on any atom is 0.258 e. The molecule has 206 valence electrons. The smallest absolute Gasteiger partial charge is 0.258 e. The number of carbonyl (C=O) groups is 2. The summed E-state index contributed by atoms with van der Waals surface area (Å²) in [5.41, 5.74) is 4.93. The predicted molar refractivity (Wildman–Crippen MR) is 167 cm³/mol. The number of halogens is 1. The fourth-order valence-electron chi connectivity index (χ4n) is 5.21. The molecule has 3 aromatic carbocycles. The number of benzene rings is 3. The first-order valence-corrected chi connectivity index (χ1v) is 14.9. The molecule has 6 nitrogen and oxygen atoms in total. The molecule has 0 unspecified atom stereocenters. The van der Waals surface area contributed by atoms with Crippen LogP contribution in [-0.2, 0) is 12.8 Å². The normalized spacial score (nSPS) is 12.5. The monoisotopic (exact) mass is 581 g/mol. The fourth-order valence-corrected chi connectivity index (χ4v) is 6.62. The highest BCUT2D eigenvalue weighted by Gasteiger charge is 2.27. The van der Waals surface area contributed by atoms with Crippen molar-refractivity contribution in [1.29, 1.82) is 0 Å². The Morgan fingerprint density at radius 1 is 0.927 bits per heavy atom. The molecule has 0 fully saturated rings. The second-order valence-corrected chi connectivity index (χ2v) is 11.4. The first-order chi connectivity index (χ1) is 20.0. The van der Waals surface area contributed by atoms with E-state index in [1.165, 1.54) is 11.3 Å². The number of hydrogen-bond acceptors (Lipinski definition) is 5. The molecule has 0 atom stereocenters. The van der Waals surface area contributed by atoms with E-state index < -0.39 is 0 Å². The molecule has 8 heteroatoms. The van der Waals surface area contributed by atoms with Gasteiger partial charge in [-0.1, -0.05) is 41.9 Å². The number of fused-ring (bicyclic) bond motifs is 2. The predicted octanol–water partition coefficient (Wildman–Crippen LogP) is 8.40. The van der Waals surface area contributed by atoms with Crippen molar-refractivity contribution in [3.63, 3.8) is 0 Å². The summed E-state index contributed by atoms with van der Waals surface area (Å²) in [6, 6.07) is 24.1. The maximum absolute atomic E-state index is 14.0. The van der Waals surface area contributed by atoms with Crippen molar-refractivity contribution in [3.8, 4) is 17.0 Å². The Kier molecular flexibility index (Phi) is 7.72. The lowest BCUT2D eigenvalue weighted by Gasteiger charge is -2.14. The van der Waals surface area contributed by atoms with Crippen LogP contribution in [0.25, 0.3) is 22.2 Å². The molecule has 1 aliphatic rings. The number of aryl methyl sites for hydroxylation is 1. The molecule has 0 spiro atoms. The summed E-state index contributed by atoms with van der Waals surface area (Å²) in [4.78, 5) is 33.6. The van der Waals surface area contributed by atoms with Crippen molar-refractivity contribution >= 4 is 56.3 Å². The van der Waals surface area contributed by atoms with Gasteiger partial charge in [0.15, 0.2) is 0 Å². The zero-order valence-electron chi connectivity index (χ0n) is 22.5. The van der Waals surface area contributed by atoms with Gasteiger partial charge >= 0.3 is 0 Å². The summed E-state index contributed by atoms with van der Waals surface area (Å²) >= 11 is 7.52. The lowest BCUT2D eigenvalue weighted by atomic mass is 9.95. The van der Waals surface area contributed by atoms with Gasteiger partial charge in [0.05, 0.1) is 28.9 Å². The number of ether oxygens (including phenoxy) is 1. The minimum Gasteiger partial charge on any atom is -0.494 e. The van der Waals surface area contributed by atoms with Gasteiger partial charge in [0.25, 0.3) is 11.8 Å². The van der Waals surface area contributed by atoms with Gasteiger partial charge in [-0.25, -0.2) is 4.98 Å². The molecule has 2 N–H and O–H groups in total. The summed E-state index contributed by atoms with van der Waals surface area (Å²) < 4.78 is 5.69. The van der Waals surface area contributed by atoms with E-state index in [2.05, 4.69) is 10.6 Å². The molecule has 0 radical (unpaired) electrons. The Morgan fingerprint density at radius 3 is 2.56 bits per heavy atom. The van der Waals surface area contributed by atoms with Gasteiger partial charge < -0.3 is 15.4 Å². The number of aromatic nitrogens is 1. The molecule has 41 heavy (non-hydrogen) atoms. The highest BCUT2D eigenvalue weighted by Crippen LogP contribution is 2.39. The summed E-state index contributed by atoms with van der Waals surface area (Å²) in [6.07, 6.45) is 3.79. The van der Waals surface area contributed by atoms with Gasteiger partial charge in [0, 0.05) is 26.5 Å². The number of para-hydroxylation sites is 1. The average Bonchev–Trinajstić information content (AvgIpc) is 3.36. The molecule has 2 amide bonds. The largest absolute Gasteiger partial charge is 0.494 e. The third-order valence-electron chi connectivity index (χ3n) is 7.13. The lowest BCUT2D eigenvalue weighted by molar-refractivity contribution is 0.102. The van der Waals surface area contributed by atoms with Gasteiger partial charge in [-0.3, -0.25) is 9.59 Å². The van der Waals surface area contributed by atoms with E-state index in [-0.39, 0.29) is 11.8 Å². The summed E-state index contributed by atoms with van der Waals surface area (Å²) in [6.45, 7) is 2.50. The van der Waals surface area contributed by atoms with Gasteiger partial charge in [-0.15, -0.1) is 11.3 Å². The van der Waals surface area contributed by atoms with Gasteiger partial charge in [-0.05, 0) is 86.7 Å². The summed E-state index contributed by atoms with van der Waals surface area (Å²) in [5.74, 6) is 0.214. The van der Waals surface area contributed by atoms with E-state index in [0.717, 1.165) is 52.8 Å². The van der Waals surface area contributed by atoms with Gasteiger partial charge in [0.2, 0.25) is 0 Å². The Bertz CT molecular complexity index is 1760. The number of rotatable bonds is 7. The molecule has 2 aromatic heterocycles. The first kappa shape index (κ1) is 27.0. The molecular formula is C33H28ClN3O3S. The standard InChI is InChI=1S/C33H28ClN3O3S/c1-2-40-23-9-7-8-20(18-23)28-19-26(24-10-3-5-12-27(24)36-28)31(38)37-33-30(25-11-4-6-13-29(25)41-33)32(39)35-22-16-14-21(34)15-17-22/h3,5,7-10,12,14-19H,2,4,6,11,13H2,1H3,(H,35,39)(H,37,38). The molecular weight excluding hydrogens is 554 g/mol. The third kappa shape index (κ3) is 5.69. The number of hydrogen-bond donors (Lipinski definition) is 2. The minimum atomic E-state index is -0.287. The second-order valence-electron chi connectivity index (χ2n) is 9.86. The molecule has 2 heterocycles. The van der Waals surface area contributed by atoms with Crippen molar-refractivity contribution in [1.82, 2.24) is 4.98 Å². The zero-order valence-corrected chi connectivity index (χ0v) is 24.1. The second kappa shape index (κ2) is 11.7. The molecule has 0 aliphatic heterocycles. The fraction of sp³-hybridized carbons (Fsp3) is 0.182. The van der Waals surface area contributed by atoms with Crippen molar-refractivity contribution in [2.75, 3.05) is 17.2 Å². The Labute approximate surface area is 247 Å². The first-order valence-electron chi connectivity index (χ1n) is 13.7. The molecule has 1 aliphatic carbocycles. The van der Waals surface area contributed by atoms with Gasteiger partial charge in [-0.2, -0.15) is 0 Å². The van der Waals surface area contributed by atoms with Crippen molar-refractivity contribution in [3.05, 3.63) is 105 Å². The van der Waals surface area contributed by atoms with E-state index in [9.17, 15) is 9.59 Å². The van der Waals surface area contributed by atoms with Crippen LogP contribution in [-0.4, -0.2) is 23.4 Å². The van der Waals surface area contributed by atoms with Crippen LogP contribution in [0.2, 0.25) is 5.02 Å². The number of nitrogens with zero attached hydrogens (tertiary/aromatic N) is 1. The van der Waals surface area contributed by atoms with E-state index in [0.29, 0.717) is 44.7 Å². The van der Waals surface area contributed by atoms with Crippen LogP contribution in [0.15, 0.2) is 78.9 Å². The van der Waals surface area contributed by atoms with Gasteiger partial charge in [0.1, 0.15) is 10.8 Å².